The van der Waals surface area contributed by atoms with E-state index in [1.165, 1.54) is 11.3 Å². The summed E-state index contributed by atoms with van der Waals surface area (Å²) in [7, 11) is 1.63. The first-order valence-electron chi connectivity index (χ1n) is 7.68. The van der Waals surface area contributed by atoms with Crippen molar-refractivity contribution in [3.63, 3.8) is 0 Å². The fourth-order valence-electron chi connectivity index (χ4n) is 2.43. The predicted octanol–water partition coefficient (Wildman–Crippen LogP) is 5.73. The maximum atomic E-state index is 5.87. The molecule has 2 aromatic carbocycles. The molecule has 0 saturated carbocycles. The number of hydrogen-bond acceptors (Lipinski definition) is 6. The highest BCUT2D eigenvalue weighted by Crippen LogP contribution is 2.31. The Morgan fingerprint density at radius 1 is 1.00 bits per heavy atom. The van der Waals surface area contributed by atoms with Gasteiger partial charge in [-0.15, -0.1) is 10.2 Å². The van der Waals surface area contributed by atoms with Gasteiger partial charge in [0.1, 0.15) is 18.1 Å². The molecular weight excluding hydrogens is 564 g/mol. The number of methoxy groups -OCH3 is 1. The zero-order chi connectivity index (χ0) is 19.0. The summed E-state index contributed by atoms with van der Waals surface area (Å²) in [5.41, 5.74) is 0.892. The molecule has 0 bridgehead atoms. The second-order valence-corrected chi connectivity index (χ2v) is 9.09. The lowest BCUT2D eigenvalue weighted by Gasteiger charge is -2.06. The van der Waals surface area contributed by atoms with E-state index in [1.807, 2.05) is 36.4 Å². The van der Waals surface area contributed by atoms with Crippen LogP contribution in [0.4, 0.5) is 0 Å². The normalized spacial score (nSPS) is 11.1. The van der Waals surface area contributed by atoms with Crippen LogP contribution in [0.5, 0.6) is 11.5 Å². The van der Waals surface area contributed by atoms with Gasteiger partial charge in [-0.05, 0) is 68.3 Å². The fraction of sp³-hybridized carbons (Fsp3) is 0.118. The lowest BCUT2D eigenvalue weighted by molar-refractivity contribution is 0.302. The molecule has 4 aromatic rings. The molecule has 0 spiro atoms. The van der Waals surface area contributed by atoms with E-state index in [0.29, 0.717) is 17.4 Å². The van der Waals surface area contributed by atoms with Crippen molar-refractivity contribution in [1.82, 2.24) is 19.8 Å². The average molecular weight is 575 g/mol. The van der Waals surface area contributed by atoms with Crippen LogP contribution in [0.25, 0.3) is 16.3 Å². The molecule has 0 unspecified atom stereocenters. The van der Waals surface area contributed by atoms with Crippen LogP contribution < -0.4 is 9.47 Å². The number of halogens is 3. The first-order chi connectivity index (χ1) is 13.0. The van der Waals surface area contributed by atoms with Crippen LogP contribution in [0.3, 0.4) is 0 Å². The molecule has 0 fully saturated rings. The van der Waals surface area contributed by atoms with Crippen molar-refractivity contribution >= 4 is 64.1 Å². The van der Waals surface area contributed by atoms with E-state index in [-0.39, 0.29) is 0 Å². The molecule has 0 aliphatic carbocycles. The van der Waals surface area contributed by atoms with Gasteiger partial charge in [0.05, 0.1) is 16.1 Å². The molecular formula is C17H11Br3N4O2S. The first kappa shape index (κ1) is 18.9. The summed E-state index contributed by atoms with van der Waals surface area (Å²) in [4.78, 5) is 0.713. The van der Waals surface area contributed by atoms with Gasteiger partial charge >= 0.3 is 0 Å². The monoisotopic (exact) mass is 572 g/mol. The number of benzene rings is 2. The van der Waals surface area contributed by atoms with E-state index >= 15 is 0 Å². The molecule has 138 valence electrons. The van der Waals surface area contributed by atoms with Crippen molar-refractivity contribution in [2.45, 2.75) is 6.61 Å². The Morgan fingerprint density at radius 3 is 2.52 bits per heavy atom. The zero-order valence-electron chi connectivity index (χ0n) is 13.8. The summed E-state index contributed by atoms with van der Waals surface area (Å²) in [6, 6.07) is 11.5. The molecule has 0 atom stereocenters. The van der Waals surface area contributed by atoms with Crippen LogP contribution in [-0.4, -0.2) is 26.9 Å². The standard InChI is InChI=1S/C17H11Br3N4O2S/c1-25-13-4-2-9(6-11(13)19)16-21-22-17-24(16)23-15(27-17)8-26-14-5-3-10(18)7-12(14)20/h2-7H,8H2,1H3. The molecule has 6 nitrogen and oxygen atoms in total. The Morgan fingerprint density at radius 2 is 1.78 bits per heavy atom. The highest BCUT2D eigenvalue weighted by atomic mass is 79.9. The van der Waals surface area contributed by atoms with E-state index in [1.54, 1.807) is 11.6 Å². The van der Waals surface area contributed by atoms with E-state index in [9.17, 15) is 0 Å². The third kappa shape index (κ3) is 3.89. The lowest BCUT2D eigenvalue weighted by Crippen LogP contribution is -1.98. The van der Waals surface area contributed by atoms with E-state index < -0.39 is 0 Å². The van der Waals surface area contributed by atoms with Crippen molar-refractivity contribution < 1.29 is 9.47 Å². The Balaban J connectivity index is 1.59. The van der Waals surface area contributed by atoms with Gasteiger partial charge in [-0.2, -0.15) is 9.61 Å². The highest BCUT2D eigenvalue weighted by molar-refractivity contribution is 9.11. The number of fused-ring (bicyclic) bond motifs is 1. The summed E-state index contributed by atoms with van der Waals surface area (Å²) in [6.07, 6.45) is 0. The molecule has 0 aliphatic rings. The van der Waals surface area contributed by atoms with Gasteiger partial charge in [0.25, 0.3) is 0 Å². The molecule has 2 aromatic heterocycles. The van der Waals surface area contributed by atoms with Crippen molar-refractivity contribution in [3.05, 3.63) is 54.8 Å². The fourth-order valence-corrected chi connectivity index (χ4v) is 4.88. The largest absolute Gasteiger partial charge is 0.496 e. The second-order valence-electron chi connectivity index (χ2n) is 5.43. The Kier molecular flexibility index (Phi) is 5.49. The lowest BCUT2D eigenvalue weighted by atomic mass is 10.2. The van der Waals surface area contributed by atoms with Crippen LogP contribution >= 0.6 is 59.1 Å². The molecule has 10 heteroatoms. The van der Waals surface area contributed by atoms with Crippen molar-refractivity contribution in [1.29, 1.82) is 0 Å². The van der Waals surface area contributed by atoms with Crippen molar-refractivity contribution in [3.8, 4) is 22.9 Å². The van der Waals surface area contributed by atoms with E-state index in [2.05, 4.69) is 63.1 Å². The van der Waals surface area contributed by atoms with Gasteiger partial charge in [0.2, 0.25) is 4.96 Å². The molecule has 0 amide bonds. The molecule has 0 aliphatic heterocycles. The Labute approximate surface area is 183 Å². The summed E-state index contributed by atoms with van der Waals surface area (Å²) in [5, 5.41) is 13.9. The van der Waals surface area contributed by atoms with Gasteiger partial charge in [-0.1, -0.05) is 27.3 Å². The molecule has 27 heavy (non-hydrogen) atoms. The van der Waals surface area contributed by atoms with Crippen LogP contribution in [0.1, 0.15) is 5.01 Å². The smallest absolute Gasteiger partial charge is 0.235 e. The Bertz CT molecular complexity index is 1130. The molecule has 4 rings (SSSR count). The SMILES string of the molecule is COc1ccc(-c2nnc3sc(COc4ccc(Br)cc4Br)nn23)cc1Br. The summed E-state index contributed by atoms with van der Waals surface area (Å²) < 4.78 is 15.6. The third-order valence-corrected chi connectivity index (χ3v) is 6.29. The molecule has 0 radical (unpaired) electrons. The summed E-state index contributed by atoms with van der Waals surface area (Å²) in [6.45, 7) is 0.347. The minimum Gasteiger partial charge on any atom is -0.496 e. The van der Waals surface area contributed by atoms with Gasteiger partial charge in [-0.25, -0.2) is 0 Å². The van der Waals surface area contributed by atoms with E-state index in [4.69, 9.17) is 9.47 Å². The maximum Gasteiger partial charge on any atom is 0.235 e. The number of rotatable bonds is 5. The maximum absolute atomic E-state index is 5.87. The number of ether oxygens (including phenoxy) is 2. The van der Waals surface area contributed by atoms with Crippen molar-refractivity contribution in [2.24, 2.45) is 0 Å². The topological polar surface area (TPSA) is 61.5 Å². The second kappa shape index (κ2) is 7.86. The van der Waals surface area contributed by atoms with Crippen LogP contribution in [0.15, 0.2) is 49.8 Å². The number of hydrogen-bond donors (Lipinski definition) is 0. The minimum atomic E-state index is 0.347. The van der Waals surface area contributed by atoms with Gasteiger partial charge in [0.15, 0.2) is 10.8 Å². The molecule has 2 heterocycles. The quantitative estimate of drug-likeness (QED) is 0.305. The van der Waals surface area contributed by atoms with Gasteiger partial charge < -0.3 is 9.47 Å². The third-order valence-electron chi connectivity index (χ3n) is 3.69. The number of nitrogens with zero attached hydrogens (tertiary/aromatic N) is 4. The molecule has 0 saturated heterocycles. The van der Waals surface area contributed by atoms with Crippen molar-refractivity contribution in [2.75, 3.05) is 7.11 Å². The Hall–Kier alpha value is -1.49. The predicted molar refractivity (Wildman–Crippen MR) is 115 cm³/mol. The molecule has 0 N–H and O–H groups in total. The summed E-state index contributed by atoms with van der Waals surface area (Å²) in [5.74, 6) is 2.18. The highest BCUT2D eigenvalue weighted by Gasteiger charge is 2.15. The summed E-state index contributed by atoms with van der Waals surface area (Å²) >= 11 is 11.9. The average Bonchev–Trinajstić information content (AvgIpc) is 3.21. The van der Waals surface area contributed by atoms with Crippen LogP contribution in [0, 0.1) is 0 Å². The van der Waals surface area contributed by atoms with Crippen LogP contribution in [-0.2, 0) is 6.61 Å². The first-order valence-corrected chi connectivity index (χ1v) is 10.9. The zero-order valence-corrected chi connectivity index (χ0v) is 19.4. The van der Waals surface area contributed by atoms with E-state index in [0.717, 1.165) is 35.5 Å². The minimum absolute atomic E-state index is 0.347. The van der Waals surface area contributed by atoms with Crippen LogP contribution in [0.2, 0.25) is 0 Å². The number of aromatic nitrogens is 4. The van der Waals surface area contributed by atoms with Gasteiger partial charge in [0, 0.05) is 10.0 Å². The van der Waals surface area contributed by atoms with Gasteiger partial charge in [-0.3, -0.25) is 0 Å².